The molecule has 0 nitrogen and oxygen atoms in total. The minimum atomic E-state index is 0.368. The Morgan fingerprint density at radius 1 is 1.36 bits per heavy atom. The molecule has 0 aromatic heterocycles. The van der Waals surface area contributed by atoms with Crippen molar-refractivity contribution in [1.29, 1.82) is 0 Å². The molecule has 0 aliphatic heterocycles. The van der Waals surface area contributed by atoms with Gasteiger partial charge in [0, 0.05) is 0 Å². The molecule has 0 saturated carbocycles. The predicted octanol–water partition coefficient (Wildman–Crippen LogP) is 4.57. The van der Waals surface area contributed by atoms with Gasteiger partial charge in [-0.1, -0.05) is 40.2 Å². The molecule has 0 saturated heterocycles. The van der Waals surface area contributed by atoms with Crippen LogP contribution in [-0.2, 0) is 0 Å². The molecule has 0 fully saturated rings. The number of hydrogen-bond donors (Lipinski definition) is 1. The van der Waals surface area contributed by atoms with Gasteiger partial charge in [-0.25, -0.2) is 0 Å². The minimum Gasteiger partial charge on any atom is -0.179 e. The second-order valence-corrected chi connectivity index (χ2v) is 5.05. The van der Waals surface area contributed by atoms with E-state index in [0.29, 0.717) is 11.3 Å². The summed E-state index contributed by atoms with van der Waals surface area (Å²) in [4.78, 5) is 0. The van der Waals surface area contributed by atoms with E-state index in [1.54, 1.807) is 0 Å². The maximum Gasteiger partial charge on any atom is -0.00410 e. The number of thiol groups is 1. The molecule has 3 atom stereocenters. The molecule has 0 bridgehead atoms. The van der Waals surface area contributed by atoms with Crippen molar-refractivity contribution < 1.29 is 0 Å². The third kappa shape index (κ3) is 3.68. The lowest BCUT2D eigenvalue weighted by molar-refractivity contribution is 0.188. The zero-order valence-electron chi connectivity index (χ0n) is 10.2. The Labute approximate surface area is 95.6 Å². The third-order valence-electron chi connectivity index (χ3n) is 3.75. The predicted molar refractivity (Wildman–Crippen MR) is 70.0 cm³/mol. The quantitative estimate of drug-likeness (QED) is 0.466. The summed E-state index contributed by atoms with van der Waals surface area (Å²) in [7, 11) is 0. The van der Waals surface area contributed by atoms with E-state index >= 15 is 0 Å². The Kier molecular flexibility index (Phi) is 6.59. The molecular formula is C13H26S. The molecule has 0 aromatic carbocycles. The van der Waals surface area contributed by atoms with Gasteiger partial charge in [-0.2, -0.15) is 12.6 Å². The monoisotopic (exact) mass is 214 g/mol. The fourth-order valence-corrected chi connectivity index (χ4v) is 2.35. The molecule has 0 spiro atoms. The first kappa shape index (κ1) is 14.1. The lowest BCUT2D eigenvalue weighted by Crippen LogP contribution is -2.29. The maximum absolute atomic E-state index is 4.51. The van der Waals surface area contributed by atoms with Crippen molar-refractivity contribution in [3.05, 3.63) is 12.7 Å². The maximum atomic E-state index is 4.51. The second-order valence-electron chi connectivity index (χ2n) is 4.73. The van der Waals surface area contributed by atoms with Gasteiger partial charge in [-0.15, -0.1) is 6.58 Å². The molecule has 0 rings (SSSR count). The van der Waals surface area contributed by atoms with Crippen molar-refractivity contribution in [1.82, 2.24) is 0 Å². The van der Waals surface area contributed by atoms with E-state index in [4.69, 9.17) is 0 Å². The Morgan fingerprint density at radius 2 is 1.93 bits per heavy atom. The van der Waals surface area contributed by atoms with Crippen LogP contribution in [0.15, 0.2) is 12.7 Å². The van der Waals surface area contributed by atoms with Crippen molar-refractivity contribution >= 4 is 12.6 Å². The minimum absolute atomic E-state index is 0.368. The van der Waals surface area contributed by atoms with Crippen molar-refractivity contribution in [3.63, 3.8) is 0 Å². The summed E-state index contributed by atoms with van der Waals surface area (Å²) in [6.45, 7) is 13.1. The molecule has 84 valence electrons. The molecule has 14 heavy (non-hydrogen) atoms. The summed E-state index contributed by atoms with van der Waals surface area (Å²) < 4.78 is 0. The van der Waals surface area contributed by atoms with E-state index in [1.807, 2.05) is 0 Å². The molecule has 0 heterocycles. The van der Waals surface area contributed by atoms with Gasteiger partial charge in [-0.05, 0) is 35.8 Å². The van der Waals surface area contributed by atoms with Crippen molar-refractivity contribution in [3.8, 4) is 0 Å². The van der Waals surface area contributed by atoms with E-state index in [-0.39, 0.29) is 0 Å². The van der Waals surface area contributed by atoms with E-state index < -0.39 is 0 Å². The summed E-state index contributed by atoms with van der Waals surface area (Å²) in [6, 6.07) is 0. The molecular weight excluding hydrogens is 188 g/mol. The van der Waals surface area contributed by atoms with Crippen LogP contribution in [0.25, 0.3) is 0 Å². The summed E-state index contributed by atoms with van der Waals surface area (Å²) in [5.74, 6) is 2.38. The SMILES string of the molecule is C=CC(CC)CC(C)(CS)C(C)CC. The van der Waals surface area contributed by atoms with Crippen LogP contribution < -0.4 is 0 Å². The number of rotatable bonds is 7. The first-order valence-corrected chi connectivity index (χ1v) is 6.40. The highest BCUT2D eigenvalue weighted by atomic mass is 32.1. The normalized spacial score (nSPS) is 19.8. The van der Waals surface area contributed by atoms with Crippen LogP contribution in [0.2, 0.25) is 0 Å². The summed E-state index contributed by atoms with van der Waals surface area (Å²) >= 11 is 4.51. The van der Waals surface area contributed by atoms with Gasteiger partial charge in [0.15, 0.2) is 0 Å². The van der Waals surface area contributed by atoms with Crippen LogP contribution >= 0.6 is 12.6 Å². The fraction of sp³-hybridized carbons (Fsp3) is 0.846. The fourth-order valence-electron chi connectivity index (χ4n) is 1.91. The van der Waals surface area contributed by atoms with Gasteiger partial charge < -0.3 is 0 Å². The standard InChI is InChI=1S/C13H26S/c1-6-11(4)13(5,10-14)9-12(7-2)8-3/h7,11-12,14H,2,6,8-10H2,1,3-5H3. The third-order valence-corrected chi connectivity index (χ3v) is 4.47. The molecule has 0 aromatic rings. The average molecular weight is 214 g/mol. The second kappa shape index (κ2) is 6.55. The molecule has 3 unspecified atom stereocenters. The first-order chi connectivity index (χ1) is 6.53. The van der Waals surface area contributed by atoms with Gasteiger partial charge in [-0.3, -0.25) is 0 Å². The number of allylic oxidation sites excluding steroid dienone is 1. The highest BCUT2D eigenvalue weighted by Gasteiger charge is 2.30. The lowest BCUT2D eigenvalue weighted by Gasteiger charge is -2.36. The van der Waals surface area contributed by atoms with Gasteiger partial charge in [0.05, 0.1) is 0 Å². The number of hydrogen-bond acceptors (Lipinski definition) is 1. The topological polar surface area (TPSA) is 0 Å². The van der Waals surface area contributed by atoms with Crippen molar-refractivity contribution in [2.24, 2.45) is 17.3 Å². The van der Waals surface area contributed by atoms with E-state index in [2.05, 4.69) is 53.0 Å². The Bertz CT molecular complexity index is 165. The van der Waals surface area contributed by atoms with Crippen LogP contribution in [0, 0.1) is 17.3 Å². The van der Waals surface area contributed by atoms with Gasteiger partial charge in [0.1, 0.15) is 0 Å². The summed E-state index contributed by atoms with van der Waals surface area (Å²) in [5, 5.41) is 0. The zero-order valence-corrected chi connectivity index (χ0v) is 11.1. The highest BCUT2D eigenvalue weighted by Crippen LogP contribution is 2.38. The van der Waals surface area contributed by atoms with Crippen LogP contribution in [0.4, 0.5) is 0 Å². The van der Waals surface area contributed by atoms with Crippen molar-refractivity contribution in [2.45, 2.75) is 47.0 Å². The largest absolute Gasteiger partial charge is 0.179 e. The van der Waals surface area contributed by atoms with Gasteiger partial charge in [0.2, 0.25) is 0 Å². The Hall–Kier alpha value is 0.0900. The van der Waals surface area contributed by atoms with Crippen LogP contribution in [0.5, 0.6) is 0 Å². The molecule has 0 radical (unpaired) electrons. The van der Waals surface area contributed by atoms with Crippen LogP contribution in [0.3, 0.4) is 0 Å². The van der Waals surface area contributed by atoms with E-state index in [1.165, 1.54) is 19.3 Å². The van der Waals surface area contributed by atoms with Crippen LogP contribution in [0.1, 0.15) is 47.0 Å². The lowest BCUT2D eigenvalue weighted by atomic mass is 9.72. The molecule has 0 aliphatic rings. The molecule has 0 N–H and O–H groups in total. The molecule has 0 amide bonds. The molecule has 1 heteroatoms. The van der Waals surface area contributed by atoms with Gasteiger partial charge in [0.25, 0.3) is 0 Å². The average Bonchev–Trinajstić information content (AvgIpc) is 2.24. The van der Waals surface area contributed by atoms with Crippen molar-refractivity contribution in [2.75, 3.05) is 5.75 Å². The summed E-state index contributed by atoms with van der Waals surface area (Å²) in [6.07, 6.45) is 5.77. The summed E-state index contributed by atoms with van der Waals surface area (Å²) in [5.41, 5.74) is 0.368. The smallest absolute Gasteiger partial charge is 0.00410 e. The zero-order chi connectivity index (χ0) is 11.2. The highest BCUT2D eigenvalue weighted by molar-refractivity contribution is 7.80. The van der Waals surface area contributed by atoms with E-state index in [0.717, 1.165) is 11.7 Å². The van der Waals surface area contributed by atoms with E-state index in [9.17, 15) is 0 Å². The first-order valence-electron chi connectivity index (χ1n) is 5.77. The Morgan fingerprint density at radius 3 is 2.21 bits per heavy atom. The molecule has 0 aliphatic carbocycles. The Balaban J connectivity index is 4.44. The van der Waals surface area contributed by atoms with Crippen LogP contribution in [-0.4, -0.2) is 5.75 Å². The van der Waals surface area contributed by atoms with Gasteiger partial charge >= 0.3 is 0 Å².